The Kier molecular flexibility index (Phi) is 4.14. The number of benzene rings is 1. The van der Waals surface area contributed by atoms with Crippen LogP contribution in [0.15, 0.2) is 54.7 Å². The first-order chi connectivity index (χ1) is 12.6. The Hall–Kier alpha value is -3.19. The van der Waals surface area contributed by atoms with Crippen molar-refractivity contribution in [2.75, 3.05) is 0 Å². The molecule has 8 heteroatoms. The molecule has 0 radical (unpaired) electrons. The maximum Gasteiger partial charge on any atom is 0.269 e. The Balaban J connectivity index is 1.52. The first-order valence-corrected chi connectivity index (χ1v) is 8.36. The van der Waals surface area contributed by atoms with E-state index in [1.807, 2.05) is 40.9 Å². The van der Waals surface area contributed by atoms with Crippen molar-refractivity contribution in [3.63, 3.8) is 0 Å². The molecule has 0 aliphatic rings. The van der Waals surface area contributed by atoms with Crippen LogP contribution < -0.4 is 5.32 Å². The molecule has 1 amide bonds. The molecule has 0 atom stereocenters. The summed E-state index contributed by atoms with van der Waals surface area (Å²) in [5.41, 5.74) is 2.81. The van der Waals surface area contributed by atoms with Crippen LogP contribution in [0.1, 0.15) is 16.3 Å². The number of rotatable bonds is 4. The Bertz CT molecular complexity index is 1080. The smallest absolute Gasteiger partial charge is 0.269 e. The zero-order chi connectivity index (χ0) is 18.1. The molecule has 0 saturated carbocycles. The Morgan fingerprint density at radius 1 is 1.15 bits per heavy atom. The van der Waals surface area contributed by atoms with Crippen molar-refractivity contribution in [2.45, 2.75) is 6.54 Å². The summed E-state index contributed by atoms with van der Waals surface area (Å²) in [6.07, 6.45) is 1.86. The number of halogens is 1. The number of pyridine rings is 1. The van der Waals surface area contributed by atoms with Gasteiger partial charge in [-0.25, -0.2) is 0 Å². The lowest BCUT2D eigenvalue weighted by Gasteiger charge is -2.04. The predicted octanol–water partition coefficient (Wildman–Crippen LogP) is 2.71. The third kappa shape index (κ3) is 3.04. The van der Waals surface area contributed by atoms with E-state index in [-0.39, 0.29) is 12.5 Å². The predicted molar refractivity (Wildman–Crippen MR) is 97.8 cm³/mol. The maximum atomic E-state index is 12.5. The van der Waals surface area contributed by atoms with Crippen molar-refractivity contribution < 1.29 is 4.79 Å². The third-order valence-corrected chi connectivity index (χ3v) is 4.30. The first-order valence-electron chi connectivity index (χ1n) is 7.98. The lowest BCUT2D eigenvalue weighted by Crippen LogP contribution is -2.26. The lowest BCUT2D eigenvalue weighted by molar-refractivity contribution is 0.0940. The maximum absolute atomic E-state index is 12.5. The highest BCUT2D eigenvalue weighted by molar-refractivity contribution is 6.30. The van der Waals surface area contributed by atoms with Gasteiger partial charge >= 0.3 is 0 Å². The van der Waals surface area contributed by atoms with Crippen molar-refractivity contribution in [1.29, 1.82) is 0 Å². The average molecular weight is 367 g/mol. The summed E-state index contributed by atoms with van der Waals surface area (Å²) in [4.78, 5) is 12.5. The lowest BCUT2D eigenvalue weighted by atomic mass is 10.1. The second-order valence-electron chi connectivity index (χ2n) is 5.77. The van der Waals surface area contributed by atoms with Gasteiger partial charge in [-0.2, -0.15) is 5.10 Å². The number of amides is 1. The van der Waals surface area contributed by atoms with E-state index in [0.29, 0.717) is 22.2 Å². The van der Waals surface area contributed by atoms with Gasteiger partial charge in [0, 0.05) is 23.8 Å². The van der Waals surface area contributed by atoms with E-state index >= 15 is 0 Å². The molecule has 0 unspecified atom stereocenters. The summed E-state index contributed by atoms with van der Waals surface area (Å²) in [6, 6.07) is 14.7. The summed E-state index contributed by atoms with van der Waals surface area (Å²) in [5.74, 6) is 0.432. The molecule has 4 aromatic rings. The van der Waals surface area contributed by atoms with Crippen LogP contribution in [-0.4, -0.2) is 30.3 Å². The van der Waals surface area contributed by atoms with Crippen molar-refractivity contribution in [3.05, 3.63) is 71.3 Å². The highest BCUT2D eigenvalue weighted by Gasteiger charge is 2.15. The van der Waals surface area contributed by atoms with Crippen LogP contribution >= 0.6 is 11.6 Å². The number of nitrogens with one attached hydrogen (secondary N) is 1. The van der Waals surface area contributed by atoms with Gasteiger partial charge in [0.2, 0.25) is 0 Å². The molecule has 3 heterocycles. The molecule has 1 aromatic carbocycles. The number of nitrogens with zero attached hydrogens (tertiary/aromatic N) is 5. The highest BCUT2D eigenvalue weighted by atomic mass is 35.5. The molecule has 0 saturated heterocycles. The van der Waals surface area contributed by atoms with Gasteiger partial charge < -0.3 is 5.32 Å². The molecule has 7 nitrogen and oxygen atoms in total. The van der Waals surface area contributed by atoms with Gasteiger partial charge in [-0.3, -0.25) is 13.9 Å². The number of carbonyl (C=O) groups excluding carboxylic acids is 1. The minimum absolute atomic E-state index is 0.229. The van der Waals surface area contributed by atoms with Crippen LogP contribution in [0.5, 0.6) is 0 Å². The number of carbonyl (C=O) groups is 1. The van der Waals surface area contributed by atoms with Gasteiger partial charge in [0.15, 0.2) is 11.5 Å². The molecule has 0 aliphatic heterocycles. The van der Waals surface area contributed by atoms with Gasteiger partial charge in [-0.05, 0) is 30.3 Å². The molecule has 130 valence electrons. The SMILES string of the molecule is Cn1nc(-c2ccc(Cl)cc2)cc1C(=O)NCc1nnc2ccccn12. The highest BCUT2D eigenvalue weighted by Crippen LogP contribution is 2.21. The van der Waals surface area contributed by atoms with E-state index in [2.05, 4.69) is 20.6 Å². The zero-order valence-corrected chi connectivity index (χ0v) is 14.7. The van der Waals surface area contributed by atoms with Crippen molar-refractivity contribution in [1.82, 2.24) is 29.7 Å². The van der Waals surface area contributed by atoms with Crippen LogP contribution in [0, 0.1) is 0 Å². The number of hydrogen-bond acceptors (Lipinski definition) is 4. The van der Waals surface area contributed by atoms with Crippen molar-refractivity contribution >= 4 is 23.2 Å². The molecule has 0 bridgehead atoms. The Labute approximate surface area is 154 Å². The second-order valence-corrected chi connectivity index (χ2v) is 6.21. The number of fused-ring (bicyclic) bond motifs is 1. The fourth-order valence-corrected chi connectivity index (χ4v) is 2.83. The van der Waals surface area contributed by atoms with E-state index < -0.39 is 0 Å². The molecule has 4 rings (SSSR count). The van der Waals surface area contributed by atoms with Crippen LogP contribution in [0.3, 0.4) is 0 Å². The minimum Gasteiger partial charge on any atom is -0.343 e. The molecule has 26 heavy (non-hydrogen) atoms. The Morgan fingerprint density at radius 3 is 2.77 bits per heavy atom. The van der Waals surface area contributed by atoms with Gasteiger partial charge in [0.1, 0.15) is 5.69 Å². The third-order valence-electron chi connectivity index (χ3n) is 4.04. The quantitative estimate of drug-likeness (QED) is 0.602. The van der Waals surface area contributed by atoms with Crippen LogP contribution in [0.2, 0.25) is 5.02 Å². The second kappa shape index (κ2) is 6.61. The minimum atomic E-state index is -0.229. The van der Waals surface area contributed by atoms with Crippen LogP contribution in [-0.2, 0) is 13.6 Å². The molecule has 0 fully saturated rings. The summed E-state index contributed by atoms with van der Waals surface area (Å²) >= 11 is 5.91. The summed E-state index contributed by atoms with van der Waals surface area (Å²) in [5, 5.41) is 16.1. The van der Waals surface area contributed by atoms with Gasteiger partial charge in [-0.1, -0.05) is 29.8 Å². The molecule has 1 N–H and O–H groups in total. The van der Waals surface area contributed by atoms with Crippen LogP contribution in [0.25, 0.3) is 16.9 Å². The first kappa shape index (κ1) is 16.3. The molecule has 3 aromatic heterocycles. The summed E-state index contributed by atoms with van der Waals surface area (Å²) in [7, 11) is 1.74. The van der Waals surface area contributed by atoms with Gasteiger partial charge in [-0.15, -0.1) is 10.2 Å². The molecule has 0 aliphatic carbocycles. The fraction of sp³-hybridized carbons (Fsp3) is 0.111. The number of hydrogen-bond donors (Lipinski definition) is 1. The van der Waals surface area contributed by atoms with E-state index in [1.54, 1.807) is 29.9 Å². The van der Waals surface area contributed by atoms with Gasteiger partial charge in [0.25, 0.3) is 5.91 Å². The summed E-state index contributed by atoms with van der Waals surface area (Å²) < 4.78 is 3.39. The monoisotopic (exact) mass is 366 g/mol. The number of aromatic nitrogens is 5. The average Bonchev–Trinajstić information content (AvgIpc) is 3.24. The molecular weight excluding hydrogens is 352 g/mol. The van der Waals surface area contributed by atoms with Crippen LogP contribution in [0.4, 0.5) is 0 Å². The standard InChI is InChI=1S/C18H15ClN6O/c1-24-15(10-14(23-24)12-5-7-13(19)8-6-12)18(26)20-11-17-22-21-16-4-2-3-9-25(16)17/h2-10H,11H2,1H3,(H,20,26). The topological polar surface area (TPSA) is 77.1 Å². The van der Waals surface area contributed by atoms with E-state index in [1.165, 1.54) is 0 Å². The molecular formula is C18H15ClN6O. The zero-order valence-electron chi connectivity index (χ0n) is 13.9. The van der Waals surface area contributed by atoms with E-state index in [0.717, 1.165) is 11.2 Å². The van der Waals surface area contributed by atoms with Crippen molar-refractivity contribution in [2.24, 2.45) is 7.05 Å². The van der Waals surface area contributed by atoms with Crippen molar-refractivity contribution in [3.8, 4) is 11.3 Å². The normalized spacial score (nSPS) is 11.0. The summed E-state index contributed by atoms with van der Waals surface area (Å²) in [6.45, 7) is 0.269. The Morgan fingerprint density at radius 2 is 1.96 bits per heavy atom. The van der Waals surface area contributed by atoms with E-state index in [4.69, 9.17) is 11.6 Å². The largest absolute Gasteiger partial charge is 0.343 e. The fourth-order valence-electron chi connectivity index (χ4n) is 2.70. The number of aryl methyl sites for hydroxylation is 1. The molecule has 0 spiro atoms. The van der Waals surface area contributed by atoms with E-state index in [9.17, 15) is 4.79 Å². The van der Waals surface area contributed by atoms with Gasteiger partial charge in [0.05, 0.1) is 12.2 Å².